The van der Waals surface area contributed by atoms with Crippen LogP contribution in [-0.4, -0.2) is 30.1 Å². The Kier molecular flexibility index (Phi) is 6.16. The Balaban J connectivity index is 2.66. The Morgan fingerprint density at radius 2 is 2.17 bits per heavy atom. The molecule has 1 rings (SSSR count). The molecule has 0 aromatic heterocycles. The van der Waals surface area contributed by atoms with E-state index in [1.165, 1.54) is 0 Å². The van der Waals surface area contributed by atoms with Crippen LogP contribution in [0.15, 0.2) is 24.3 Å². The van der Waals surface area contributed by atoms with Gasteiger partial charge in [-0.2, -0.15) is 0 Å². The van der Waals surface area contributed by atoms with Crippen molar-refractivity contribution >= 4 is 17.6 Å². The summed E-state index contributed by atoms with van der Waals surface area (Å²) >= 11 is 5.95. The van der Waals surface area contributed by atoms with Crippen LogP contribution in [0.4, 0.5) is 0 Å². The summed E-state index contributed by atoms with van der Waals surface area (Å²) in [5, 5.41) is 0.715. The third kappa shape index (κ3) is 5.07. The summed E-state index contributed by atoms with van der Waals surface area (Å²) < 4.78 is 4.98. The zero-order chi connectivity index (χ0) is 13.5. The molecule has 0 bridgehead atoms. The molecule has 0 saturated carbocycles. The largest absolute Gasteiger partial charge is 0.465 e. The lowest BCUT2D eigenvalue weighted by Gasteiger charge is -2.25. The van der Waals surface area contributed by atoms with Crippen LogP contribution >= 0.6 is 11.6 Å². The predicted octanol–water partition coefficient (Wildman–Crippen LogP) is 3.11. The highest BCUT2D eigenvalue weighted by Gasteiger charge is 2.15. The van der Waals surface area contributed by atoms with E-state index in [0.29, 0.717) is 24.7 Å². The molecule has 0 N–H and O–H groups in total. The molecule has 0 unspecified atom stereocenters. The van der Waals surface area contributed by atoms with Gasteiger partial charge in [-0.05, 0) is 38.5 Å². The van der Waals surface area contributed by atoms with Crippen molar-refractivity contribution in [1.82, 2.24) is 4.90 Å². The summed E-state index contributed by atoms with van der Waals surface area (Å²) in [6, 6.07) is 7.96. The number of carbonyl (C=O) groups excluding carboxylic acids is 1. The van der Waals surface area contributed by atoms with Gasteiger partial charge in [0.05, 0.1) is 13.2 Å². The molecular formula is C14H20ClNO2. The highest BCUT2D eigenvalue weighted by Crippen LogP contribution is 2.14. The van der Waals surface area contributed by atoms with E-state index in [2.05, 4.69) is 18.7 Å². The van der Waals surface area contributed by atoms with Gasteiger partial charge < -0.3 is 4.74 Å². The standard InChI is InChI=1S/C14H20ClNO2/c1-4-18-14(17)10-16(11(2)3)9-12-6-5-7-13(15)8-12/h5-8,11H,4,9-10H2,1-3H3. The summed E-state index contributed by atoms with van der Waals surface area (Å²) in [6.07, 6.45) is 0. The van der Waals surface area contributed by atoms with Crippen molar-refractivity contribution in [2.45, 2.75) is 33.4 Å². The van der Waals surface area contributed by atoms with Crippen LogP contribution in [0.25, 0.3) is 0 Å². The molecule has 0 aliphatic heterocycles. The van der Waals surface area contributed by atoms with Crippen molar-refractivity contribution in [1.29, 1.82) is 0 Å². The molecule has 0 heterocycles. The second-order valence-corrected chi connectivity index (χ2v) is 4.87. The maximum absolute atomic E-state index is 11.5. The van der Waals surface area contributed by atoms with Crippen LogP contribution < -0.4 is 0 Å². The number of benzene rings is 1. The van der Waals surface area contributed by atoms with Crippen LogP contribution in [0.1, 0.15) is 26.3 Å². The minimum absolute atomic E-state index is 0.187. The minimum Gasteiger partial charge on any atom is -0.465 e. The van der Waals surface area contributed by atoms with E-state index < -0.39 is 0 Å². The number of esters is 1. The van der Waals surface area contributed by atoms with Crippen molar-refractivity contribution in [3.8, 4) is 0 Å². The fraction of sp³-hybridized carbons (Fsp3) is 0.500. The van der Waals surface area contributed by atoms with Crippen LogP contribution in [0.3, 0.4) is 0 Å². The Morgan fingerprint density at radius 1 is 1.44 bits per heavy atom. The maximum Gasteiger partial charge on any atom is 0.320 e. The predicted molar refractivity (Wildman–Crippen MR) is 73.6 cm³/mol. The Labute approximate surface area is 114 Å². The quantitative estimate of drug-likeness (QED) is 0.743. The van der Waals surface area contributed by atoms with Gasteiger partial charge in [0.15, 0.2) is 0 Å². The summed E-state index contributed by atoms with van der Waals surface area (Å²) in [5.41, 5.74) is 1.10. The third-order valence-corrected chi connectivity index (χ3v) is 2.88. The average molecular weight is 270 g/mol. The van der Waals surface area contributed by atoms with Crippen LogP contribution in [0.2, 0.25) is 5.02 Å². The summed E-state index contributed by atoms with van der Waals surface area (Å²) in [4.78, 5) is 13.6. The third-order valence-electron chi connectivity index (χ3n) is 2.64. The monoisotopic (exact) mass is 269 g/mol. The topological polar surface area (TPSA) is 29.5 Å². The van der Waals surface area contributed by atoms with E-state index in [9.17, 15) is 4.79 Å². The number of ether oxygens (including phenoxy) is 1. The molecule has 4 heteroatoms. The minimum atomic E-state index is -0.187. The van der Waals surface area contributed by atoms with Crippen molar-refractivity contribution in [2.24, 2.45) is 0 Å². The molecule has 0 spiro atoms. The van der Waals surface area contributed by atoms with E-state index in [0.717, 1.165) is 5.56 Å². The van der Waals surface area contributed by atoms with Crippen molar-refractivity contribution in [2.75, 3.05) is 13.2 Å². The highest BCUT2D eigenvalue weighted by atomic mass is 35.5. The number of hydrogen-bond acceptors (Lipinski definition) is 3. The maximum atomic E-state index is 11.5. The van der Waals surface area contributed by atoms with Gasteiger partial charge in [0, 0.05) is 17.6 Å². The second-order valence-electron chi connectivity index (χ2n) is 4.43. The molecule has 0 amide bonds. The number of rotatable bonds is 6. The van der Waals surface area contributed by atoms with E-state index in [1.807, 2.05) is 31.2 Å². The second kappa shape index (κ2) is 7.39. The first-order chi connectivity index (χ1) is 8.52. The van der Waals surface area contributed by atoms with Crippen LogP contribution in [0, 0.1) is 0 Å². The Morgan fingerprint density at radius 3 is 2.72 bits per heavy atom. The van der Waals surface area contributed by atoms with Gasteiger partial charge in [-0.3, -0.25) is 9.69 Å². The molecule has 0 aliphatic carbocycles. The first-order valence-electron chi connectivity index (χ1n) is 6.17. The Hall–Kier alpha value is -1.06. The molecule has 0 aliphatic rings. The molecule has 0 saturated heterocycles. The SMILES string of the molecule is CCOC(=O)CN(Cc1cccc(Cl)c1)C(C)C. The first-order valence-corrected chi connectivity index (χ1v) is 6.54. The molecule has 1 aromatic rings. The summed E-state index contributed by atoms with van der Waals surface area (Å²) in [6.45, 7) is 7.35. The molecule has 1 aromatic carbocycles. The van der Waals surface area contributed by atoms with Gasteiger partial charge in [-0.15, -0.1) is 0 Å². The van der Waals surface area contributed by atoms with Crippen molar-refractivity contribution < 1.29 is 9.53 Å². The summed E-state index contributed by atoms with van der Waals surface area (Å²) in [5.74, 6) is -0.187. The average Bonchev–Trinajstić information content (AvgIpc) is 2.28. The fourth-order valence-corrected chi connectivity index (χ4v) is 1.88. The van der Waals surface area contributed by atoms with E-state index in [-0.39, 0.29) is 12.0 Å². The van der Waals surface area contributed by atoms with E-state index in [1.54, 1.807) is 0 Å². The van der Waals surface area contributed by atoms with Crippen LogP contribution in [0.5, 0.6) is 0 Å². The molecule has 0 atom stereocenters. The molecule has 0 fully saturated rings. The number of carbonyl (C=O) groups is 1. The molecule has 18 heavy (non-hydrogen) atoms. The van der Waals surface area contributed by atoms with Gasteiger partial charge in [0.2, 0.25) is 0 Å². The van der Waals surface area contributed by atoms with Crippen LogP contribution in [-0.2, 0) is 16.1 Å². The van der Waals surface area contributed by atoms with Gasteiger partial charge >= 0.3 is 5.97 Å². The number of nitrogens with zero attached hydrogens (tertiary/aromatic N) is 1. The normalized spacial score (nSPS) is 11.0. The highest BCUT2D eigenvalue weighted by molar-refractivity contribution is 6.30. The molecule has 3 nitrogen and oxygen atoms in total. The zero-order valence-electron chi connectivity index (χ0n) is 11.1. The van der Waals surface area contributed by atoms with Gasteiger partial charge in [-0.1, -0.05) is 23.7 Å². The lowest BCUT2D eigenvalue weighted by atomic mass is 10.2. The molecule has 100 valence electrons. The molecule has 0 radical (unpaired) electrons. The first kappa shape index (κ1) is 15.0. The number of hydrogen-bond donors (Lipinski definition) is 0. The van der Waals surface area contributed by atoms with Crippen molar-refractivity contribution in [3.05, 3.63) is 34.9 Å². The van der Waals surface area contributed by atoms with Gasteiger partial charge in [0.25, 0.3) is 0 Å². The number of halogens is 1. The van der Waals surface area contributed by atoms with E-state index >= 15 is 0 Å². The Bertz CT molecular complexity index is 393. The zero-order valence-corrected chi connectivity index (χ0v) is 11.9. The van der Waals surface area contributed by atoms with Gasteiger partial charge in [-0.25, -0.2) is 0 Å². The lowest BCUT2D eigenvalue weighted by molar-refractivity contribution is -0.145. The van der Waals surface area contributed by atoms with E-state index in [4.69, 9.17) is 16.3 Å². The van der Waals surface area contributed by atoms with Crippen molar-refractivity contribution in [3.63, 3.8) is 0 Å². The molecular weight excluding hydrogens is 250 g/mol. The smallest absolute Gasteiger partial charge is 0.320 e. The van der Waals surface area contributed by atoms with Gasteiger partial charge in [0.1, 0.15) is 0 Å². The summed E-state index contributed by atoms with van der Waals surface area (Å²) in [7, 11) is 0. The lowest BCUT2D eigenvalue weighted by Crippen LogP contribution is -2.36. The fourth-order valence-electron chi connectivity index (χ4n) is 1.66.